The Morgan fingerprint density at radius 3 is 2.29 bits per heavy atom. The first kappa shape index (κ1) is 16.6. The van der Waals surface area contributed by atoms with Crippen molar-refractivity contribution >= 4 is 10.0 Å². The van der Waals surface area contributed by atoms with E-state index in [1.54, 1.807) is 36.4 Å². The van der Waals surface area contributed by atoms with E-state index in [1.807, 2.05) is 6.92 Å². The molecule has 1 saturated heterocycles. The summed E-state index contributed by atoms with van der Waals surface area (Å²) in [5.74, 6) is -0.374. The Labute approximate surface area is 141 Å². The van der Waals surface area contributed by atoms with Crippen molar-refractivity contribution in [2.24, 2.45) is 0 Å². The standard InChI is InChI=1S/C18H17FN2O2S/c1-13-2-9-17(10-3-13)24(22,23)21-16(12-20)8-11-18(21)14-4-6-15(19)7-5-14/h2-7,9-10,16,18H,8,11H2,1H3. The average molecular weight is 344 g/mol. The molecule has 6 heteroatoms. The first-order valence-corrected chi connectivity index (χ1v) is 9.13. The second-order valence-corrected chi connectivity index (χ2v) is 7.78. The molecule has 0 spiro atoms. The number of sulfonamides is 1. The van der Waals surface area contributed by atoms with Crippen molar-refractivity contribution in [1.29, 1.82) is 5.26 Å². The van der Waals surface area contributed by atoms with Gasteiger partial charge in [-0.3, -0.25) is 0 Å². The Morgan fingerprint density at radius 2 is 1.71 bits per heavy atom. The summed E-state index contributed by atoms with van der Waals surface area (Å²) in [4.78, 5) is 0.169. The zero-order chi connectivity index (χ0) is 17.3. The van der Waals surface area contributed by atoms with Gasteiger partial charge in [-0.25, -0.2) is 12.8 Å². The van der Waals surface area contributed by atoms with Crippen LogP contribution >= 0.6 is 0 Å². The first-order valence-electron chi connectivity index (χ1n) is 7.69. The van der Waals surface area contributed by atoms with Crippen LogP contribution in [0, 0.1) is 24.1 Å². The van der Waals surface area contributed by atoms with Crippen LogP contribution < -0.4 is 0 Å². The number of hydrogen-bond acceptors (Lipinski definition) is 3. The fourth-order valence-corrected chi connectivity index (χ4v) is 4.85. The van der Waals surface area contributed by atoms with E-state index in [4.69, 9.17) is 0 Å². The van der Waals surface area contributed by atoms with E-state index in [0.29, 0.717) is 18.4 Å². The Morgan fingerprint density at radius 1 is 1.08 bits per heavy atom. The quantitative estimate of drug-likeness (QED) is 0.855. The van der Waals surface area contributed by atoms with E-state index in [2.05, 4.69) is 6.07 Å². The number of rotatable bonds is 3. The van der Waals surface area contributed by atoms with Crippen LogP contribution in [-0.4, -0.2) is 18.8 Å². The van der Waals surface area contributed by atoms with Gasteiger partial charge in [-0.05, 0) is 49.6 Å². The smallest absolute Gasteiger partial charge is 0.207 e. The Balaban J connectivity index is 2.04. The van der Waals surface area contributed by atoms with Crippen molar-refractivity contribution in [1.82, 2.24) is 4.31 Å². The molecule has 1 fully saturated rings. The fraction of sp³-hybridized carbons (Fsp3) is 0.278. The molecule has 0 N–H and O–H groups in total. The summed E-state index contributed by atoms with van der Waals surface area (Å²) in [5, 5.41) is 9.38. The highest BCUT2D eigenvalue weighted by molar-refractivity contribution is 7.89. The molecule has 24 heavy (non-hydrogen) atoms. The number of halogens is 1. The molecule has 2 aromatic rings. The van der Waals surface area contributed by atoms with Gasteiger partial charge in [-0.15, -0.1) is 0 Å². The van der Waals surface area contributed by atoms with E-state index in [0.717, 1.165) is 5.56 Å². The topological polar surface area (TPSA) is 61.2 Å². The Hall–Kier alpha value is -2.23. The van der Waals surface area contributed by atoms with Crippen molar-refractivity contribution in [2.45, 2.75) is 36.7 Å². The summed E-state index contributed by atoms with van der Waals surface area (Å²) in [6, 6.07) is 13.3. The van der Waals surface area contributed by atoms with Crippen molar-refractivity contribution in [2.75, 3.05) is 0 Å². The summed E-state index contributed by atoms with van der Waals surface area (Å²) >= 11 is 0. The predicted molar refractivity (Wildman–Crippen MR) is 88.0 cm³/mol. The van der Waals surface area contributed by atoms with Crippen LogP contribution in [-0.2, 0) is 10.0 Å². The van der Waals surface area contributed by atoms with Crippen molar-refractivity contribution < 1.29 is 12.8 Å². The van der Waals surface area contributed by atoms with Gasteiger partial charge in [0.05, 0.1) is 17.0 Å². The molecule has 0 radical (unpaired) electrons. The highest BCUT2D eigenvalue weighted by atomic mass is 32.2. The molecule has 2 atom stereocenters. The van der Waals surface area contributed by atoms with Crippen LogP contribution in [0.4, 0.5) is 4.39 Å². The normalized spacial score (nSPS) is 21.5. The maximum Gasteiger partial charge on any atom is 0.244 e. The van der Waals surface area contributed by atoms with E-state index in [9.17, 15) is 18.1 Å². The minimum atomic E-state index is -3.81. The molecule has 2 aromatic carbocycles. The lowest BCUT2D eigenvalue weighted by Gasteiger charge is -2.26. The number of aryl methyl sites for hydroxylation is 1. The zero-order valence-corrected chi connectivity index (χ0v) is 14.0. The van der Waals surface area contributed by atoms with Crippen LogP contribution in [0.15, 0.2) is 53.4 Å². The lowest BCUT2D eigenvalue weighted by atomic mass is 10.1. The molecule has 0 aliphatic carbocycles. The maximum atomic E-state index is 13.2. The van der Waals surface area contributed by atoms with Gasteiger partial charge in [0.15, 0.2) is 0 Å². The molecule has 1 heterocycles. The predicted octanol–water partition coefficient (Wildman–Crippen LogP) is 3.55. The first-order chi connectivity index (χ1) is 11.4. The molecule has 0 saturated carbocycles. The molecular formula is C18H17FN2O2S. The third-order valence-corrected chi connectivity index (χ3v) is 6.26. The number of nitrogens with zero attached hydrogens (tertiary/aromatic N) is 2. The van der Waals surface area contributed by atoms with Gasteiger partial charge in [0.1, 0.15) is 11.9 Å². The number of hydrogen-bond donors (Lipinski definition) is 0. The molecule has 0 amide bonds. The van der Waals surface area contributed by atoms with Gasteiger partial charge in [-0.1, -0.05) is 29.8 Å². The summed E-state index contributed by atoms with van der Waals surface area (Å²) in [7, 11) is -3.81. The third kappa shape index (κ3) is 2.93. The molecule has 124 valence electrons. The molecule has 0 bridgehead atoms. The van der Waals surface area contributed by atoms with Crippen molar-refractivity contribution in [3.63, 3.8) is 0 Å². The average Bonchev–Trinajstić information content (AvgIpc) is 3.01. The zero-order valence-electron chi connectivity index (χ0n) is 13.2. The monoisotopic (exact) mass is 344 g/mol. The fourth-order valence-electron chi connectivity index (χ4n) is 3.07. The second-order valence-electron chi connectivity index (χ2n) is 5.94. The van der Waals surface area contributed by atoms with Crippen molar-refractivity contribution in [3.05, 3.63) is 65.5 Å². The van der Waals surface area contributed by atoms with E-state index < -0.39 is 22.1 Å². The highest BCUT2D eigenvalue weighted by Crippen LogP contribution is 2.40. The van der Waals surface area contributed by atoms with Gasteiger partial charge >= 0.3 is 0 Å². The third-order valence-electron chi connectivity index (χ3n) is 4.33. The van der Waals surface area contributed by atoms with Gasteiger partial charge in [-0.2, -0.15) is 9.57 Å². The van der Waals surface area contributed by atoms with Gasteiger partial charge < -0.3 is 0 Å². The molecular weight excluding hydrogens is 327 g/mol. The lowest BCUT2D eigenvalue weighted by molar-refractivity contribution is 0.363. The molecule has 4 nitrogen and oxygen atoms in total. The molecule has 3 rings (SSSR count). The van der Waals surface area contributed by atoms with Crippen LogP contribution in [0.25, 0.3) is 0 Å². The second kappa shape index (κ2) is 6.34. The maximum absolute atomic E-state index is 13.2. The van der Waals surface area contributed by atoms with E-state index in [-0.39, 0.29) is 10.7 Å². The SMILES string of the molecule is Cc1ccc(S(=O)(=O)N2C(C#N)CCC2c2ccc(F)cc2)cc1. The van der Waals surface area contributed by atoms with Gasteiger partial charge in [0, 0.05) is 0 Å². The minimum Gasteiger partial charge on any atom is -0.207 e. The largest absolute Gasteiger partial charge is 0.244 e. The van der Waals surface area contributed by atoms with E-state index in [1.165, 1.54) is 16.4 Å². The number of benzene rings is 2. The molecule has 2 unspecified atom stereocenters. The van der Waals surface area contributed by atoms with Crippen LogP contribution in [0.3, 0.4) is 0 Å². The number of nitriles is 1. The molecule has 1 aliphatic rings. The summed E-state index contributed by atoms with van der Waals surface area (Å²) in [6.07, 6.45) is 0.999. The van der Waals surface area contributed by atoms with Crippen LogP contribution in [0.5, 0.6) is 0 Å². The van der Waals surface area contributed by atoms with Crippen LogP contribution in [0.1, 0.15) is 30.0 Å². The molecule has 0 aromatic heterocycles. The summed E-state index contributed by atoms with van der Waals surface area (Å²) < 4.78 is 40.6. The lowest BCUT2D eigenvalue weighted by Crippen LogP contribution is -2.36. The summed E-state index contributed by atoms with van der Waals surface area (Å²) in [5.41, 5.74) is 1.66. The highest BCUT2D eigenvalue weighted by Gasteiger charge is 2.43. The van der Waals surface area contributed by atoms with Crippen molar-refractivity contribution in [3.8, 4) is 6.07 Å². The molecule has 1 aliphatic heterocycles. The van der Waals surface area contributed by atoms with E-state index >= 15 is 0 Å². The minimum absolute atomic E-state index is 0.169. The van der Waals surface area contributed by atoms with Crippen LogP contribution in [0.2, 0.25) is 0 Å². The van der Waals surface area contributed by atoms with Gasteiger partial charge in [0.25, 0.3) is 0 Å². The Kier molecular flexibility index (Phi) is 4.39. The Bertz CT molecular complexity index is 871. The summed E-state index contributed by atoms with van der Waals surface area (Å²) in [6.45, 7) is 1.88. The van der Waals surface area contributed by atoms with Gasteiger partial charge in [0.2, 0.25) is 10.0 Å².